The van der Waals surface area contributed by atoms with Gasteiger partial charge in [0, 0.05) is 24.2 Å². The van der Waals surface area contributed by atoms with Crippen LogP contribution < -0.4 is 25.4 Å². The van der Waals surface area contributed by atoms with Gasteiger partial charge in [0.25, 0.3) is 5.91 Å². The standard InChI is InChI=1S/C21H15F3N6O3/c1-25-19(31)14-7-10-3-2-4-13(17(10)28-14)29-20-26-9-12(22)18(30-20)27-11-5-6-15-16(8-11)33-21(23,24)32-15/h2-9,28H,1H3,(H,25,31)(H2,26,27,29,30). The van der Waals surface area contributed by atoms with Crippen molar-refractivity contribution in [2.45, 2.75) is 6.29 Å². The first-order chi connectivity index (χ1) is 15.8. The van der Waals surface area contributed by atoms with Crippen LogP contribution in [0.15, 0.2) is 48.7 Å². The SMILES string of the molecule is CNC(=O)c1cc2cccc(Nc3ncc(F)c(Nc4ccc5c(c4)OC(F)(F)O5)n3)c2[nH]1. The summed E-state index contributed by atoms with van der Waals surface area (Å²) < 4.78 is 49.5. The predicted octanol–water partition coefficient (Wildman–Crippen LogP) is 4.27. The Bertz CT molecular complexity index is 1390. The van der Waals surface area contributed by atoms with Crippen molar-refractivity contribution in [3.8, 4) is 11.5 Å². The van der Waals surface area contributed by atoms with Crippen LogP contribution in [0.4, 0.5) is 36.3 Å². The van der Waals surface area contributed by atoms with Crippen LogP contribution >= 0.6 is 0 Å². The summed E-state index contributed by atoms with van der Waals surface area (Å²) in [4.78, 5) is 23.0. The third kappa shape index (κ3) is 3.93. The number of carbonyl (C=O) groups excluding carboxylic acids is 1. The summed E-state index contributed by atoms with van der Waals surface area (Å²) in [6, 6.07) is 11.0. The number of H-pyrrole nitrogens is 1. The van der Waals surface area contributed by atoms with Gasteiger partial charge in [-0.25, -0.2) is 9.37 Å². The van der Waals surface area contributed by atoms with E-state index in [1.165, 1.54) is 25.2 Å². The number of halogens is 3. The second-order valence-corrected chi connectivity index (χ2v) is 7.00. The first-order valence-electron chi connectivity index (χ1n) is 9.61. The van der Waals surface area contributed by atoms with Gasteiger partial charge >= 0.3 is 6.29 Å². The zero-order valence-corrected chi connectivity index (χ0v) is 16.9. The number of aromatic nitrogens is 3. The number of anilines is 4. The van der Waals surface area contributed by atoms with E-state index in [2.05, 4.69) is 40.4 Å². The molecule has 0 bridgehead atoms. The molecule has 0 saturated heterocycles. The number of fused-ring (bicyclic) bond motifs is 2. The zero-order chi connectivity index (χ0) is 23.2. The summed E-state index contributed by atoms with van der Waals surface area (Å²) >= 11 is 0. The lowest BCUT2D eigenvalue weighted by Gasteiger charge is -2.10. The van der Waals surface area contributed by atoms with E-state index in [4.69, 9.17) is 0 Å². The molecule has 1 amide bonds. The minimum absolute atomic E-state index is 0.0646. The molecule has 4 N–H and O–H groups in total. The molecule has 0 unspecified atom stereocenters. The molecular weight excluding hydrogens is 441 g/mol. The molecule has 33 heavy (non-hydrogen) atoms. The minimum Gasteiger partial charge on any atom is -0.395 e. The molecule has 2 aromatic carbocycles. The average molecular weight is 456 g/mol. The Morgan fingerprint density at radius 1 is 1.09 bits per heavy atom. The van der Waals surface area contributed by atoms with E-state index in [0.717, 1.165) is 11.6 Å². The van der Waals surface area contributed by atoms with E-state index < -0.39 is 12.1 Å². The fourth-order valence-electron chi connectivity index (χ4n) is 3.32. The fourth-order valence-corrected chi connectivity index (χ4v) is 3.32. The molecule has 0 radical (unpaired) electrons. The largest absolute Gasteiger partial charge is 0.586 e. The lowest BCUT2D eigenvalue weighted by Crippen LogP contribution is -2.25. The first-order valence-corrected chi connectivity index (χ1v) is 9.61. The molecule has 0 atom stereocenters. The number of benzene rings is 2. The molecule has 5 rings (SSSR count). The Labute approximate surface area is 183 Å². The summed E-state index contributed by atoms with van der Waals surface area (Å²) in [5.41, 5.74) is 1.82. The third-order valence-corrected chi connectivity index (χ3v) is 4.78. The highest BCUT2D eigenvalue weighted by molar-refractivity contribution is 6.01. The normalized spacial score (nSPS) is 13.7. The van der Waals surface area contributed by atoms with Crippen LogP contribution in [0.1, 0.15) is 10.5 Å². The van der Waals surface area contributed by atoms with Gasteiger partial charge in [0.05, 0.1) is 17.4 Å². The summed E-state index contributed by atoms with van der Waals surface area (Å²) in [6.07, 6.45) is -2.79. The number of amides is 1. The Balaban J connectivity index is 1.41. The second kappa shape index (κ2) is 7.58. The van der Waals surface area contributed by atoms with Crippen molar-refractivity contribution in [1.82, 2.24) is 20.3 Å². The minimum atomic E-state index is -3.76. The molecule has 4 aromatic rings. The number of alkyl halides is 2. The van der Waals surface area contributed by atoms with Gasteiger partial charge in [0.2, 0.25) is 5.95 Å². The molecule has 3 heterocycles. The van der Waals surface area contributed by atoms with Gasteiger partial charge < -0.3 is 30.4 Å². The van der Waals surface area contributed by atoms with Gasteiger partial charge in [-0.2, -0.15) is 4.98 Å². The number of hydrogen-bond acceptors (Lipinski definition) is 7. The van der Waals surface area contributed by atoms with Gasteiger partial charge in [0.15, 0.2) is 23.1 Å². The van der Waals surface area contributed by atoms with Crippen LogP contribution in [0.5, 0.6) is 11.5 Å². The van der Waals surface area contributed by atoms with Crippen LogP contribution in [-0.2, 0) is 0 Å². The number of aromatic amines is 1. The van der Waals surface area contributed by atoms with Crippen LogP contribution in [0.2, 0.25) is 0 Å². The van der Waals surface area contributed by atoms with Crippen molar-refractivity contribution >= 4 is 40.0 Å². The van der Waals surface area contributed by atoms with Crippen LogP contribution in [0.3, 0.4) is 0 Å². The maximum atomic E-state index is 14.3. The fraction of sp³-hybridized carbons (Fsp3) is 0.0952. The highest BCUT2D eigenvalue weighted by atomic mass is 19.3. The molecular formula is C21H15F3N6O3. The maximum Gasteiger partial charge on any atom is 0.586 e. The van der Waals surface area contributed by atoms with E-state index in [1.807, 2.05) is 6.07 Å². The van der Waals surface area contributed by atoms with Crippen molar-refractivity contribution in [2.24, 2.45) is 0 Å². The number of ether oxygens (including phenoxy) is 2. The van der Waals surface area contributed by atoms with Crippen LogP contribution in [0.25, 0.3) is 10.9 Å². The van der Waals surface area contributed by atoms with Crippen LogP contribution in [0, 0.1) is 5.82 Å². The van der Waals surface area contributed by atoms with E-state index in [9.17, 15) is 18.0 Å². The Kier molecular flexibility index (Phi) is 4.69. The Morgan fingerprint density at radius 3 is 2.73 bits per heavy atom. The van der Waals surface area contributed by atoms with Crippen molar-refractivity contribution in [3.63, 3.8) is 0 Å². The quantitative estimate of drug-likeness (QED) is 0.355. The topological polar surface area (TPSA) is 113 Å². The van der Waals surface area contributed by atoms with Crippen molar-refractivity contribution < 1.29 is 27.4 Å². The van der Waals surface area contributed by atoms with Gasteiger partial charge in [-0.05, 0) is 24.3 Å². The van der Waals surface area contributed by atoms with Gasteiger partial charge in [-0.1, -0.05) is 12.1 Å². The summed E-state index contributed by atoms with van der Waals surface area (Å²) in [5.74, 6) is -1.49. The molecule has 1 aliphatic rings. The number of nitrogens with zero attached hydrogens (tertiary/aromatic N) is 2. The highest BCUT2D eigenvalue weighted by Crippen LogP contribution is 2.42. The number of nitrogens with one attached hydrogen (secondary N) is 4. The predicted molar refractivity (Wildman–Crippen MR) is 113 cm³/mol. The first kappa shape index (κ1) is 20.4. The highest BCUT2D eigenvalue weighted by Gasteiger charge is 2.43. The average Bonchev–Trinajstić information content (AvgIpc) is 3.35. The van der Waals surface area contributed by atoms with E-state index in [-0.39, 0.29) is 34.9 Å². The monoisotopic (exact) mass is 456 g/mol. The van der Waals surface area contributed by atoms with E-state index in [0.29, 0.717) is 16.9 Å². The second-order valence-electron chi connectivity index (χ2n) is 7.00. The van der Waals surface area contributed by atoms with E-state index in [1.54, 1.807) is 18.2 Å². The van der Waals surface area contributed by atoms with Gasteiger partial charge in [0.1, 0.15) is 5.69 Å². The Hall–Kier alpha value is -4.48. The number of carbonyl (C=O) groups is 1. The molecule has 9 nitrogen and oxygen atoms in total. The number of hydrogen-bond donors (Lipinski definition) is 4. The molecule has 1 aliphatic heterocycles. The molecule has 12 heteroatoms. The summed E-state index contributed by atoms with van der Waals surface area (Å²) in [6.45, 7) is 0. The smallest absolute Gasteiger partial charge is 0.395 e. The van der Waals surface area contributed by atoms with Crippen molar-refractivity contribution in [1.29, 1.82) is 0 Å². The van der Waals surface area contributed by atoms with Gasteiger partial charge in [-0.15, -0.1) is 8.78 Å². The molecule has 0 spiro atoms. The lowest BCUT2D eigenvalue weighted by atomic mass is 10.2. The zero-order valence-electron chi connectivity index (χ0n) is 16.9. The van der Waals surface area contributed by atoms with Gasteiger partial charge in [-0.3, -0.25) is 4.79 Å². The molecule has 0 saturated carbocycles. The summed E-state index contributed by atoms with van der Waals surface area (Å²) in [5, 5.41) is 9.02. The van der Waals surface area contributed by atoms with Crippen LogP contribution in [-0.4, -0.2) is 34.2 Å². The molecule has 0 aliphatic carbocycles. The lowest BCUT2D eigenvalue weighted by molar-refractivity contribution is -0.286. The number of para-hydroxylation sites is 1. The Morgan fingerprint density at radius 2 is 1.91 bits per heavy atom. The van der Waals surface area contributed by atoms with Crippen molar-refractivity contribution in [2.75, 3.05) is 17.7 Å². The number of rotatable bonds is 5. The molecule has 0 fully saturated rings. The van der Waals surface area contributed by atoms with E-state index >= 15 is 0 Å². The summed E-state index contributed by atoms with van der Waals surface area (Å²) in [7, 11) is 1.53. The molecule has 168 valence electrons. The maximum absolute atomic E-state index is 14.3. The molecule has 2 aromatic heterocycles. The third-order valence-electron chi connectivity index (χ3n) is 4.78. The van der Waals surface area contributed by atoms with Crippen molar-refractivity contribution in [3.05, 3.63) is 60.2 Å².